The number of amides is 1. The van der Waals surface area contributed by atoms with Crippen molar-refractivity contribution in [1.82, 2.24) is 5.32 Å². The summed E-state index contributed by atoms with van der Waals surface area (Å²) in [6.45, 7) is 2.89. The molecule has 2 aromatic carbocycles. The predicted octanol–water partition coefficient (Wildman–Crippen LogP) is 4.91. The number of ether oxygens (including phenoxy) is 1. The van der Waals surface area contributed by atoms with Crippen LogP contribution < -0.4 is 15.4 Å². The number of halogens is 1. The van der Waals surface area contributed by atoms with Crippen molar-refractivity contribution < 1.29 is 13.9 Å². The second-order valence-electron chi connectivity index (χ2n) is 5.85. The molecule has 0 saturated carbocycles. The maximum atomic E-state index is 12.9. The fraction of sp³-hybridized carbons (Fsp3) is 0.300. The molecule has 2 N–H and O–H groups in total. The number of hydrogen-bond acceptors (Lipinski definition) is 3. The molecule has 1 amide bonds. The zero-order chi connectivity index (χ0) is 18.8. The number of anilines is 1. The number of nitrogens with one attached hydrogen (secondary N) is 2. The Morgan fingerprint density at radius 2 is 1.73 bits per heavy atom. The summed E-state index contributed by atoms with van der Waals surface area (Å²) in [5.41, 5.74) is 1.08. The van der Waals surface area contributed by atoms with Crippen LogP contribution in [0.4, 0.5) is 10.1 Å². The van der Waals surface area contributed by atoms with Gasteiger partial charge in [-0.25, -0.2) is 4.39 Å². The maximum Gasteiger partial charge on any atom is 0.257 e. The first-order valence-corrected chi connectivity index (χ1v) is 9.10. The van der Waals surface area contributed by atoms with Gasteiger partial charge < -0.3 is 10.1 Å². The third kappa shape index (κ3) is 6.80. The minimum absolute atomic E-state index is 0.174. The van der Waals surface area contributed by atoms with Crippen molar-refractivity contribution in [2.45, 2.75) is 32.6 Å². The van der Waals surface area contributed by atoms with E-state index in [9.17, 15) is 9.18 Å². The molecule has 0 unspecified atom stereocenters. The number of rotatable bonds is 8. The summed E-state index contributed by atoms with van der Waals surface area (Å²) in [4.78, 5) is 12.0. The van der Waals surface area contributed by atoms with E-state index < -0.39 is 11.7 Å². The molecule has 0 spiro atoms. The molecule has 0 aromatic heterocycles. The van der Waals surface area contributed by atoms with Crippen LogP contribution in [0.15, 0.2) is 48.5 Å². The van der Waals surface area contributed by atoms with Gasteiger partial charge in [0.25, 0.3) is 5.91 Å². The summed E-state index contributed by atoms with van der Waals surface area (Å²) in [5, 5.41) is 5.67. The van der Waals surface area contributed by atoms with Crippen LogP contribution in [0.2, 0.25) is 0 Å². The van der Waals surface area contributed by atoms with Crippen molar-refractivity contribution >= 4 is 28.9 Å². The molecule has 6 heteroatoms. The first-order chi connectivity index (χ1) is 12.6. The largest absolute Gasteiger partial charge is 0.494 e. The van der Waals surface area contributed by atoms with Crippen LogP contribution >= 0.6 is 12.2 Å². The minimum Gasteiger partial charge on any atom is -0.494 e. The molecular weight excluding hydrogens is 351 g/mol. The average molecular weight is 374 g/mol. The number of carbonyl (C=O) groups excluding carboxylic acids is 1. The molecule has 0 aliphatic carbocycles. The molecule has 0 atom stereocenters. The van der Waals surface area contributed by atoms with Crippen molar-refractivity contribution in [1.29, 1.82) is 0 Å². The minimum atomic E-state index is -0.394. The zero-order valence-electron chi connectivity index (χ0n) is 14.8. The Hall–Kier alpha value is -2.47. The molecular formula is C20H23FN2O2S. The highest BCUT2D eigenvalue weighted by atomic mass is 32.1. The van der Waals surface area contributed by atoms with E-state index in [1.807, 2.05) is 24.3 Å². The SMILES string of the molecule is CCCCCCOc1ccc(NC(=S)NC(=O)c2ccc(F)cc2)cc1. The normalized spacial score (nSPS) is 10.2. The van der Waals surface area contributed by atoms with Crippen LogP contribution in [-0.2, 0) is 0 Å². The van der Waals surface area contributed by atoms with Gasteiger partial charge in [-0.1, -0.05) is 26.2 Å². The summed E-state index contributed by atoms with van der Waals surface area (Å²) in [5.74, 6) is 0.0118. The Balaban J connectivity index is 1.78. The monoisotopic (exact) mass is 374 g/mol. The second kappa shape index (κ2) is 10.5. The van der Waals surface area contributed by atoms with Gasteiger partial charge in [-0.05, 0) is 67.2 Å². The van der Waals surface area contributed by atoms with Gasteiger partial charge in [0.05, 0.1) is 6.61 Å². The van der Waals surface area contributed by atoms with Gasteiger partial charge in [-0.15, -0.1) is 0 Å². The molecule has 0 radical (unpaired) electrons. The molecule has 4 nitrogen and oxygen atoms in total. The maximum absolute atomic E-state index is 12.9. The first-order valence-electron chi connectivity index (χ1n) is 8.69. The summed E-state index contributed by atoms with van der Waals surface area (Å²) in [6.07, 6.45) is 4.66. The lowest BCUT2D eigenvalue weighted by Crippen LogP contribution is -2.34. The van der Waals surface area contributed by atoms with E-state index in [1.165, 1.54) is 43.5 Å². The fourth-order valence-corrected chi connectivity index (χ4v) is 2.50. The van der Waals surface area contributed by atoms with Crippen molar-refractivity contribution in [2.75, 3.05) is 11.9 Å². The van der Waals surface area contributed by atoms with E-state index in [4.69, 9.17) is 17.0 Å². The fourth-order valence-electron chi connectivity index (χ4n) is 2.29. The van der Waals surface area contributed by atoms with Crippen LogP contribution in [0.5, 0.6) is 5.75 Å². The highest BCUT2D eigenvalue weighted by molar-refractivity contribution is 7.80. The van der Waals surface area contributed by atoms with E-state index in [2.05, 4.69) is 17.6 Å². The molecule has 26 heavy (non-hydrogen) atoms. The topological polar surface area (TPSA) is 50.4 Å². The third-order valence-corrected chi connectivity index (χ3v) is 3.92. The molecule has 0 bridgehead atoms. The van der Waals surface area contributed by atoms with Gasteiger partial charge in [-0.3, -0.25) is 10.1 Å². The summed E-state index contributed by atoms with van der Waals surface area (Å²) >= 11 is 5.13. The summed E-state index contributed by atoms with van der Waals surface area (Å²) in [7, 11) is 0. The smallest absolute Gasteiger partial charge is 0.257 e. The van der Waals surface area contributed by atoms with Gasteiger partial charge in [0.2, 0.25) is 0 Å². The lowest BCUT2D eigenvalue weighted by atomic mass is 10.2. The molecule has 0 heterocycles. The van der Waals surface area contributed by atoms with E-state index in [0.29, 0.717) is 12.2 Å². The highest BCUT2D eigenvalue weighted by Crippen LogP contribution is 2.16. The Kier molecular flexibility index (Phi) is 8.02. The highest BCUT2D eigenvalue weighted by Gasteiger charge is 2.08. The Bertz CT molecular complexity index is 718. The van der Waals surface area contributed by atoms with Gasteiger partial charge >= 0.3 is 0 Å². The predicted molar refractivity (Wildman–Crippen MR) is 106 cm³/mol. The lowest BCUT2D eigenvalue weighted by Gasteiger charge is -2.11. The number of unbranched alkanes of at least 4 members (excludes halogenated alkanes) is 3. The molecule has 0 aliphatic heterocycles. The molecule has 0 saturated heterocycles. The molecule has 0 fully saturated rings. The standard InChI is InChI=1S/C20H23FN2O2S/c1-2-3-4-5-14-25-18-12-10-17(11-13-18)22-20(26)23-19(24)15-6-8-16(21)9-7-15/h6-13H,2-5,14H2,1H3,(H2,22,23,24,26). The van der Waals surface area contributed by atoms with Crippen LogP contribution in [0, 0.1) is 5.82 Å². The number of carbonyl (C=O) groups is 1. The van der Waals surface area contributed by atoms with E-state index in [1.54, 1.807) is 0 Å². The van der Waals surface area contributed by atoms with Gasteiger partial charge in [-0.2, -0.15) is 0 Å². The summed E-state index contributed by atoms with van der Waals surface area (Å²) in [6, 6.07) is 12.6. The van der Waals surface area contributed by atoms with Crippen molar-refractivity contribution in [3.63, 3.8) is 0 Å². The summed E-state index contributed by atoms with van der Waals surface area (Å²) < 4.78 is 18.6. The second-order valence-corrected chi connectivity index (χ2v) is 6.26. The number of benzene rings is 2. The average Bonchev–Trinajstić information content (AvgIpc) is 2.63. The van der Waals surface area contributed by atoms with Crippen LogP contribution in [-0.4, -0.2) is 17.6 Å². The van der Waals surface area contributed by atoms with Crippen molar-refractivity contribution in [2.24, 2.45) is 0 Å². The molecule has 0 aliphatic rings. The zero-order valence-corrected chi connectivity index (χ0v) is 15.6. The lowest BCUT2D eigenvalue weighted by molar-refractivity contribution is 0.0977. The van der Waals surface area contributed by atoms with E-state index in [0.717, 1.165) is 17.9 Å². The quantitative estimate of drug-likeness (QED) is 0.509. The van der Waals surface area contributed by atoms with Gasteiger partial charge in [0.1, 0.15) is 11.6 Å². The van der Waals surface area contributed by atoms with Crippen LogP contribution in [0.25, 0.3) is 0 Å². The molecule has 2 rings (SSSR count). The molecule has 138 valence electrons. The van der Waals surface area contributed by atoms with Crippen LogP contribution in [0.3, 0.4) is 0 Å². The number of hydrogen-bond donors (Lipinski definition) is 2. The van der Waals surface area contributed by atoms with Crippen molar-refractivity contribution in [3.8, 4) is 5.75 Å². The first kappa shape index (κ1) is 19.8. The third-order valence-electron chi connectivity index (χ3n) is 3.71. The number of thiocarbonyl (C=S) groups is 1. The Morgan fingerprint density at radius 1 is 1.04 bits per heavy atom. The van der Waals surface area contributed by atoms with E-state index in [-0.39, 0.29) is 5.11 Å². The van der Waals surface area contributed by atoms with E-state index >= 15 is 0 Å². The van der Waals surface area contributed by atoms with Gasteiger partial charge in [0.15, 0.2) is 5.11 Å². The van der Waals surface area contributed by atoms with Crippen molar-refractivity contribution in [3.05, 3.63) is 59.9 Å². The molecule has 2 aromatic rings. The van der Waals surface area contributed by atoms with Gasteiger partial charge in [0, 0.05) is 11.3 Å². The van der Waals surface area contributed by atoms with Crippen LogP contribution in [0.1, 0.15) is 43.0 Å². The Morgan fingerprint density at radius 3 is 2.38 bits per heavy atom. The Labute approximate surface area is 158 Å².